The third-order valence-electron chi connectivity index (χ3n) is 8.45. The minimum absolute atomic E-state index is 0.785. The molecule has 5 aliphatic rings. The molecule has 0 spiro atoms. The van der Waals surface area contributed by atoms with Crippen LogP contribution in [0.1, 0.15) is 64.7 Å². The van der Waals surface area contributed by atoms with E-state index in [0.29, 0.717) is 0 Å². The van der Waals surface area contributed by atoms with Crippen LogP contribution in [0.3, 0.4) is 0 Å². The Morgan fingerprint density at radius 3 is 2.28 bits per heavy atom. The van der Waals surface area contributed by atoms with E-state index >= 15 is 0 Å². The van der Waals surface area contributed by atoms with Gasteiger partial charge in [-0.3, -0.25) is 0 Å². The zero-order valence-electron chi connectivity index (χ0n) is 11.9. The number of hydrogen-bond acceptors (Lipinski definition) is 0. The summed E-state index contributed by atoms with van der Waals surface area (Å²) >= 11 is 0. The molecule has 0 aromatic rings. The van der Waals surface area contributed by atoms with Crippen LogP contribution in [0.25, 0.3) is 0 Å². The normalized spacial score (nSPS) is 61.8. The molecule has 5 saturated carbocycles. The fraction of sp³-hybridized carbons (Fsp3) is 1.00. The van der Waals surface area contributed by atoms with Crippen molar-refractivity contribution >= 4 is 0 Å². The summed E-state index contributed by atoms with van der Waals surface area (Å²) in [5.74, 6) is 8.22. The molecule has 100 valence electrons. The van der Waals surface area contributed by atoms with Gasteiger partial charge in [0.15, 0.2) is 0 Å². The Bertz CT molecular complexity index is 366. The summed E-state index contributed by atoms with van der Waals surface area (Å²) in [6.07, 6.45) is 14.4. The smallest absolute Gasteiger partial charge is 0.0264 e. The Labute approximate surface area is 112 Å². The van der Waals surface area contributed by atoms with E-state index in [-0.39, 0.29) is 0 Å². The van der Waals surface area contributed by atoms with Gasteiger partial charge in [-0.2, -0.15) is 0 Å². The highest BCUT2D eigenvalue weighted by molar-refractivity contribution is 5.15. The zero-order chi connectivity index (χ0) is 11.9. The fourth-order valence-electron chi connectivity index (χ4n) is 8.02. The van der Waals surface area contributed by atoms with Gasteiger partial charge in [-0.15, -0.1) is 0 Å². The molecule has 0 heterocycles. The highest BCUT2D eigenvalue weighted by atomic mass is 14.7. The molecular formula is C18H28. The first-order valence-electron chi connectivity index (χ1n) is 8.77. The summed E-state index contributed by atoms with van der Waals surface area (Å²) in [5, 5.41) is 0. The lowest BCUT2D eigenvalue weighted by Crippen LogP contribution is -2.41. The fourth-order valence-corrected chi connectivity index (χ4v) is 8.02. The van der Waals surface area contributed by atoms with Gasteiger partial charge in [0.1, 0.15) is 0 Å². The van der Waals surface area contributed by atoms with Crippen molar-refractivity contribution in [3.63, 3.8) is 0 Å². The number of rotatable bonds is 1. The molecule has 5 rings (SSSR count). The maximum Gasteiger partial charge on any atom is -0.0264 e. The summed E-state index contributed by atoms with van der Waals surface area (Å²) < 4.78 is 0. The lowest BCUT2D eigenvalue weighted by atomic mass is 9.57. The Kier molecular flexibility index (Phi) is 2.01. The monoisotopic (exact) mass is 244 g/mol. The largest absolute Gasteiger partial charge is 0.0591 e. The molecule has 5 aliphatic carbocycles. The first kappa shape index (κ1) is 10.7. The van der Waals surface area contributed by atoms with Crippen LogP contribution < -0.4 is 0 Å². The molecule has 5 fully saturated rings. The van der Waals surface area contributed by atoms with Crippen LogP contribution in [0.4, 0.5) is 0 Å². The van der Waals surface area contributed by atoms with Gasteiger partial charge in [0, 0.05) is 0 Å². The summed E-state index contributed by atoms with van der Waals surface area (Å²) in [5.41, 5.74) is 0.785. The van der Waals surface area contributed by atoms with E-state index in [0.717, 1.165) is 17.3 Å². The highest BCUT2D eigenvalue weighted by Crippen LogP contribution is 2.73. The van der Waals surface area contributed by atoms with E-state index in [1.165, 1.54) is 42.4 Å². The second kappa shape index (κ2) is 3.36. The van der Waals surface area contributed by atoms with Gasteiger partial charge < -0.3 is 0 Å². The van der Waals surface area contributed by atoms with Gasteiger partial charge in [0.2, 0.25) is 0 Å². The van der Waals surface area contributed by atoms with Crippen LogP contribution in [0.15, 0.2) is 0 Å². The molecule has 0 N–H and O–H groups in total. The average Bonchev–Trinajstić information content (AvgIpc) is 3.14. The second-order valence-electron chi connectivity index (χ2n) is 8.78. The SMILES string of the molecule is CC1(C2CCCC2)CC2CC1C1C3CCC(C3)C21. The van der Waals surface area contributed by atoms with E-state index in [1.807, 2.05) is 0 Å². The van der Waals surface area contributed by atoms with Crippen molar-refractivity contribution in [2.45, 2.75) is 64.7 Å². The second-order valence-corrected chi connectivity index (χ2v) is 8.78. The predicted octanol–water partition coefficient (Wildman–Crippen LogP) is 4.89. The first-order chi connectivity index (χ1) is 8.77. The highest BCUT2D eigenvalue weighted by Gasteiger charge is 2.66. The Hall–Kier alpha value is 0. The molecule has 18 heavy (non-hydrogen) atoms. The molecule has 7 unspecified atom stereocenters. The minimum atomic E-state index is 0.785. The third kappa shape index (κ3) is 1.11. The topological polar surface area (TPSA) is 0 Å². The molecular weight excluding hydrogens is 216 g/mol. The Morgan fingerprint density at radius 1 is 0.778 bits per heavy atom. The van der Waals surface area contributed by atoms with Crippen LogP contribution >= 0.6 is 0 Å². The van der Waals surface area contributed by atoms with Gasteiger partial charge >= 0.3 is 0 Å². The van der Waals surface area contributed by atoms with Crippen LogP contribution in [-0.4, -0.2) is 0 Å². The van der Waals surface area contributed by atoms with Gasteiger partial charge in [-0.1, -0.05) is 19.8 Å². The van der Waals surface area contributed by atoms with E-state index in [4.69, 9.17) is 0 Å². The number of hydrogen-bond donors (Lipinski definition) is 0. The van der Waals surface area contributed by atoms with Gasteiger partial charge in [-0.05, 0) is 91.8 Å². The average molecular weight is 244 g/mol. The standard InChI is InChI=1S/C18H28/c1-18(14-4-2-3-5-14)10-13-9-15(18)17-12-7-6-11(8-12)16(13)17/h11-17H,2-10H2,1H3. The van der Waals surface area contributed by atoms with Gasteiger partial charge in [0.05, 0.1) is 0 Å². The Morgan fingerprint density at radius 2 is 1.50 bits per heavy atom. The van der Waals surface area contributed by atoms with E-state index < -0.39 is 0 Å². The lowest BCUT2D eigenvalue weighted by Gasteiger charge is -2.48. The minimum Gasteiger partial charge on any atom is -0.0591 e. The van der Waals surface area contributed by atoms with E-state index in [9.17, 15) is 0 Å². The quantitative estimate of drug-likeness (QED) is 0.576. The van der Waals surface area contributed by atoms with Crippen LogP contribution in [-0.2, 0) is 0 Å². The van der Waals surface area contributed by atoms with Gasteiger partial charge in [0.25, 0.3) is 0 Å². The molecule has 0 saturated heterocycles. The Balaban J connectivity index is 1.49. The molecule has 4 bridgehead atoms. The van der Waals surface area contributed by atoms with Crippen molar-refractivity contribution in [1.82, 2.24) is 0 Å². The molecule has 0 heteroatoms. The number of fused-ring (bicyclic) bond motifs is 9. The van der Waals surface area contributed by atoms with Crippen molar-refractivity contribution in [3.8, 4) is 0 Å². The zero-order valence-corrected chi connectivity index (χ0v) is 11.9. The summed E-state index contributed by atoms with van der Waals surface area (Å²) in [7, 11) is 0. The summed E-state index contributed by atoms with van der Waals surface area (Å²) in [4.78, 5) is 0. The molecule has 7 atom stereocenters. The van der Waals surface area contributed by atoms with Crippen LogP contribution in [0.5, 0.6) is 0 Å². The van der Waals surface area contributed by atoms with Crippen LogP contribution in [0, 0.1) is 46.8 Å². The van der Waals surface area contributed by atoms with Crippen molar-refractivity contribution < 1.29 is 0 Å². The maximum atomic E-state index is 2.72. The molecule has 0 aliphatic heterocycles. The van der Waals surface area contributed by atoms with Gasteiger partial charge in [-0.25, -0.2) is 0 Å². The predicted molar refractivity (Wildman–Crippen MR) is 74.1 cm³/mol. The third-order valence-corrected chi connectivity index (χ3v) is 8.45. The van der Waals surface area contributed by atoms with E-state index in [1.54, 1.807) is 44.9 Å². The maximum absolute atomic E-state index is 2.72. The van der Waals surface area contributed by atoms with Crippen LogP contribution in [0.2, 0.25) is 0 Å². The van der Waals surface area contributed by atoms with E-state index in [2.05, 4.69) is 6.92 Å². The molecule has 0 radical (unpaired) electrons. The lowest BCUT2D eigenvalue weighted by molar-refractivity contribution is 0.00533. The first-order valence-corrected chi connectivity index (χ1v) is 8.77. The summed E-state index contributed by atoms with van der Waals surface area (Å²) in [6.45, 7) is 2.72. The van der Waals surface area contributed by atoms with Crippen molar-refractivity contribution in [1.29, 1.82) is 0 Å². The van der Waals surface area contributed by atoms with Crippen molar-refractivity contribution in [2.24, 2.45) is 46.8 Å². The molecule has 0 aromatic carbocycles. The molecule has 0 nitrogen and oxygen atoms in total. The molecule has 0 amide bonds. The van der Waals surface area contributed by atoms with Crippen molar-refractivity contribution in [3.05, 3.63) is 0 Å². The van der Waals surface area contributed by atoms with Crippen molar-refractivity contribution in [2.75, 3.05) is 0 Å². The summed E-state index contributed by atoms with van der Waals surface area (Å²) in [6, 6.07) is 0. The molecule has 0 aromatic heterocycles.